The molecule has 1 nitrogen and oxygen atoms in total. The van der Waals surface area contributed by atoms with Crippen LogP contribution >= 0.6 is 35.8 Å². The minimum absolute atomic E-state index is 0.179. The van der Waals surface area contributed by atoms with Gasteiger partial charge in [-0.1, -0.05) is 44.0 Å². The van der Waals surface area contributed by atoms with E-state index >= 15 is 0 Å². The molecule has 0 radical (unpaired) electrons. The monoisotopic (exact) mass is 292 g/mol. The van der Waals surface area contributed by atoms with Crippen LogP contribution in [0.1, 0.15) is 20.8 Å². The normalized spacial score (nSPS) is 13.5. The van der Waals surface area contributed by atoms with Crippen LogP contribution in [0.5, 0.6) is 5.75 Å². The molecule has 1 aromatic carbocycles. The van der Waals surface area contributed by atoms with Crippen LogP contribution in [0.3, 0.4) is 0 Å². The topological polar surface area (TPSA) is 9.23 Å². The standard InChI is InChI=1S/C13H18Cl2OS/c1-13(2,3)9(8-17)7-16-10-4-5-11(14)12(15)6-10/h4-6,9,17H,7-8H2,1-3H3. The second-order valence-corrected chi connectivity index (χ2v) is 6.31. The molecule has 0 aromatic heterocycles. The molecule has 1 atom stereocenters. The van der Waals surface area contributed by atoms with Crippen LogP contribution in [0.4, 0.5) is 0 Å². The lowest BCUT2D eigenvalue weighted by Crippen LogP contribution is -2.28. The zero-order valence-corrected chi connectivity index (χ0v) is 12.7. The lowest BCUT2D eigenvalue weighted by molar-refractivity contribution is 0.165. The predicted octanol–water partition coefficient (Wildman–Crippen LogP) is 4.96. The molecule has 4 heteroatoms. The van der Waals surface area contributed by atoms with Crippen molar-refractivity contribution in [2.24, 2.45) is 11.3 Å². The molecule has 0 bridgehead atoms. The summed E-state index contributed by atoms with van der Waals surface area (Å²) in [5, 5.41) is 1.06. The first-order valence-electron chi connectivity index (χ1n) is 5.53. The first-order valence-corrected chi connectivity index (χ1v) is 6.92. The third kappa shape index (κ3) is 4.61. The zero-order valence-electron chi connectivity index (χ0n) is 10.3. The molecule has 0 aliphatic carbocycles. The molecular formula is C13H18Cl2OS. The molecule has 0 aliphatic heterocycles. The van der Waals surface area contributed by atoms with E-state index in [0.717, 1.165) is 11.5 Å². The quantitative estimate of drug-likeness (QED) is 0.772. The van der Waals surface area contributed by atoms with Gasteiger partial charge in [0.1, 0.15) is 5.75 Å². The third-order valence-corrected chi connectivity index (χ3v) is 3.97. The van der Waals surface area contributed by atoms with E-state index in [1.54, 1.807) is 12.1 Å². The van der Waals surface area contributed by atoms with Crippen molar-refractivity contribution in [2.75, 3.05) is 12.4 Å². The maximum absolute atomic E-state index is 5.93. The van der Waals surface area contributed by atoms with Crippen molar-refractivity contribution in [3.8, 4) is 5.75 Å². The third-order valence-electron chi connectivity index (χ3n) is 2.79. The predicted molar refractivity (Wildman–Crippen MR) is 78.8 cm³/mol. The summed E-state index contributed by atoms with van der Waals surface area (Å²) in [5.74, 6) is 1.93. The van der Waals surface area contributed by atoms with Crippen molar-refractivity contribution in [1.82, 2.24) is 0 Å². The number of thiol groups is 1. The molecule has 0 saturated carbocycles. The number of hydrogen-bond donors (Lipinski definition) is 1. The Morgan fingerprint density at radius 2 is 1.88 bits per heavy atom. The molecule has 1 rings (SSSR count). The Kier molecular flexibility index (Phi) is 5.49. The van der Waals surface area contributed by atoms with E-state index in [9.17, 15) is 0 Å². The average molecular weight is 293 g/mol. The van der Waals surface area contributed by atoms with Gasteiger partial charge in [0, 0.05) is 12.0 Å². The summed E-state index contributed by atoms with van der Waals surface area (Å²) in [5.41, 5.74) is 0.179. The van der Waals surface area contributed by atoms with Crippen molar-refractivity contribution in [2.45, 2.75) is 20.8 Å². The Bertz CT molecular complexity index is 374. The summed E-state index contributed by atoms with van der Waals surface area (Å²) in [6.07, 6.45) is 0. The maximum Gasteiger partial charge on any atom is 0.120 e. The fourth-order valence-electron chi connectivity index (χ4n) is 1.34. The number of hydrogen-bond acceptors (Lipinski definition) is 2. The van der Waals surface area contributed by atoms with Crippen LogP contribution in [0.2, 0.25) is 10.0 Å². The Morgan fingerprint density at radius 3 is 2.35 bits per heavy atom. The lowest BCUT2D eigenvalue weighted by Gasteiger charge is -2.29. The van der Waals surface area contributed by atoms with E-state index in [0.29, 0.717) is 22.6 Å². The van der Waals surface area contributed by atoms with Gasteiger partial charge in [-0.15, -0.1) is 0 Å². The van der Waals surface area contributed by atoms with Crippen LogP contribution in [-0.4, -0.2) is 12.4 Å². The molecule has 1 unspecified atom stereocenters. The molecular weight excluding hydrogens is 275 g/mol. The summed E-state index contributed by atoms with van der Waals surface area (Å²) in [4.78, 5) is 0. The smallest absolute Gasteiger partial charge is 0.120 e. The first kappa shape index (κ1) is 15.0. The second-order valence-electron chi connectivity index (χ2n) is 5.13. The minimum atomic E-state index is 0.179. The van der Waals surface area contributed by atoms with Gasteiger partial charge in [0.2, 0.25) is 0 Å². The second kappa shape index (κ2) is 6.21. The highest BCUT2D eigenvalue weighted by Crippen LogP contribution is 2.30. The Balaban J connectivity index is 2.63. The number of benzene rings is 1. The summed E-state index contributed by atoms with van der Waals surface area (Å²) in [6.45, 7) is 7.19. The fourth-order valence-corrected chi connectivity index (χ4v) is 2.28. The average Bonchev–Trinajstić information content (AvgIpc) is 2.22. The van der Waals surface area contributed by atoms with Gasteiger partial charge < -0.3 is 4.74 Å². The van der Waals surface area contributed by atoms with Crippen LogP contribution in [-0.2, 0) is 0 Å². The fraction of sp³-hybridized carbons (Fsp3) is 0.538. The van der Waals surface area contributed by atoms with E-state index in [2.05, 4.69) is 33.4 Å². The van der Waals surface area contributed by atoms with Gasteiger partial charge in [0.05, 0.1) is 16.7 Å². The van der Waals surface area contributed by atoms with Gasteiger partial charge in [-0.05, 0) is 23.3 Å². The SMILES string of the molecule is CC(C)(C)C(CS)COc1ccc(Cl)c(Cl)c1. The molecule has 0 spiro atoms. The molecule has 0 fully saturated rings. The lowest BCUT2D eigenvalue weighted by atomic mass is 9.82. The van der Waals surface area contributed by atoms with E-state index in [1.165, 1.54) is 0 Å². The molecule has 0 aliphatic rings. The molecule has 0 amide bonds. The van der Waals surface area contributed by atoms with Gasteiger partial charge in [-0.3, -0.25) is 0 Å². The minimum Gasteiger partial charge on any atom is -0.493 e. The van der Waals surface area contributed by atoms with Gasteiger partial charge >= 0.3 is 0 Å². The van der Waals surface area contributed by atoms with Crippen molar-refractivity contribution in [3.63, 3.8) is 0 Å². The Labute approximate surface area is 119 Å². The zero-order chi connectivity index (χ0) is 13.1. The molecule has 17 heavy (non-hydrogen) atoms. The number of ether oxygens (including phenoxy) is 1. The molecule has 0 N–H and O–H groups in total. The summed E-state index contributed by atoms with van der Waals surface area (Å²) >= 11 is 16.1. The van der Waals surface area contributed by atoms with Gasteiger partial charge in [0.25, 0.3) is 0 Å². The Hall–Kier alpha value is -0.0500. The van der Waals surface area contributed by atoms with Gasteiger partial charge in [-0.2, -0.15) is 12.6 Å². The highest BCUT2D eigenvalue weighted by molar-refractivity contribution is 7.80. The summed E-state index contributed by atoms with van der Waals surface area (Å²) in [6, 6.07) is 5.31. The largest absolute Gasteiger partial charge is 0.493 e. The summed E-state index contributed by atoms with van der Waals surface area (Å²) in [7, 11) is 0. The van der Waals surface area contributed by atoms with Crippen LogP contribution in [0.15, 0.2) is 18.2 Å². The van der Waals surface area contributed by atoms with Crippen molar-refractivity contribution in [3.05, 3.63) is 28.2 Å². The van der Waals surface area contributed by atoms with Crippen LogP contribution in [0.25, 0.3) is 0 Å². The van der Waals surface area contributed by atoms with Gasteiger partial charge in [0.15, 0.2) is 0 Å². The van der Waals surface area contributed by atoms with Crippen LogP contribution < -0.4 is 4.74 Å². The molecule has 0 saturated heterocycles. The Morgan fingerprint density at radius 1 is 1.24 bits per heavy atom. The van der Waals surface area contributed by atoms with E-state index in [1.807, 2.05) is 6.07 Å². The number of rotatable bonds is 4. The van der Waals surface area contributed by atoms with Crippen LogP contribution in [0, 0.1) is 11.3 Å². The number of halogens is 2. The van der Waals surface area contributed by atoms with Crippen molar-refractivity contribution >= 4 is 35.8 Å². The van der Waals surface area contributed by atoms with E-state index in [-0.39, 0.29) is 5.41 Å². The first-order chi connectivity index (χ1) is 7.84. The summed E-state index contributed by atoms with van der Waals surface area (Å²) < 4.78 is 5.73. The molecule has 0 heterocycles. The van der Waals surface area contributed by atoms with E-state index in [4.69, 9.17) is 27.9 Å². The van der Waals surface area contributed by atoms with Crippen molar-refractivity contribution < 1.29 is 4.74 Å². The van der Waals surface area contributed by atoms with E-state index < -0.39 is 0 Å². The highest BCUT2D eigenvalue weighted by Gasteiger charge is 2.23. The van der Waals surface area contributed by atoms with Crippen molar-refractivity contribution in [1.29, 1.82) is 0 Å². The molecule has 96 valence electrons. The highest BCUT2D eigenvalue weighted by atomic mass is 35.5. The molecule has 1 aromatic rings. The van der Waals surface area contributed by atoms with Gasteiger partial charge in [-0.25, -0.2) is 0 Å². The maximum atomic E-state index is 5.93.